The van der Waals surface area contributed by atoms with Crippen molar-refractivity contribution in [3.05, 3.63) is 87.7 Å². The molecule has 2 amide bonds. The van der Waals surface area contributed by atoms with E-state index in [-0.39, 0.29) is 12.5 Å². The number of amidine groups is 1. The highest BCUT2D eigenvalue weighted by molar-refractivity contribution is 9.10. The first-order valence-electron chi connectivity index (χ1n) is 10.8. The van der Waals surface area contributed by atoms with Crippen LogP contribution < -0.4 is 20.1 Å². The van der Waals surface area contributed by atoms with Gasteiger partial charge in [-0.05, 0) is 82.7 Å². The Kier molecular flexibility index (Phi) is 7.89. The summed E-state index contributed by atoms with van der Waals surface area (Å²) in [6.07, 6.45) is 1.78. The van der Waals surface area contributed by atoms with Gasteiger partial charge >= 0.3 is 0 Å². The van der Waals surface area contributed by atoms with Crippen molar-refractivity contribution < 1.29 is 19.1 Å². The number of primary amides is 1. The van der Waals surface area contributed by atoms with Crippen LogP contribution in [0, 0.1) is 0 Å². The number of aliphatic imine (C=N–C) groups is 1. The molecular weight excluding hydrogens is 530 g/mol. The smallest absolute Gasteiger partial charge is 0.271 e. The fraction of sp³-hybridized carbons (Fsp3) is 0.115. The third kappa shape index (κ3) is 5.93. The number of rotatable bonds is 8. The molecule has 0 atom stereocenters. The molecule has 0 bridgehead atoms. The van der Waals surface area contributed by atoms with Gasteiger partial charge in [-0.1, -0.05) is 36.4 Å². The third-order valence-electron chi connectivity index (χ3n) is 4.79. The minimum absolute atomic E-state index is 0.181. The minimum Gasteiger partial charge on any atom is -0.490 e. The van der Waals surface area contributed by atoms with Gasteiger partial charge in [-0.15, -0.1) is 0 Å². The Morgan fingerprint density at radius 2 is 1.77 bits per heavy atom. The number of hydrogen-bond acceptors (Lipinski definition) is 6. The number of carbonyl (C=O) groups is 2. The molecule has 3 aromatic rings. The van der Waals surface area contributed by atoms with Crippen molar-refractivity contribution in [1.82, 2.24) is 0 Å². The van der Waals surface area contributed by atoms with Crippen LogP contribution in [-0.2, 0) is 9.59 Å². The summed E-state index contributed by atoms with van der Waals surface area (Å²) in [5.74, 6) is 0.0303. The van der Waals surface area contributed by atoms with E-state index in [0.29, 0.717) is 32.7 Å². The number of nitrogens with two attached hydrogens (primary N) is 1. The minimum atomic E-state index is -0.593. The molecule has 0 saturated carbocycles. The first-order valence-corrected chi connectivity index (χ1v) is 12.4. The third-order valence-corrected chi connectivity index (χ3v) is 6.35. The molecule has 1 saturated heterocycles. The van der Waals surface area contributed by atoms with E-state index >= 15 is 0 Å². The van der Waals surface area contributed by atoms with E-state index in [0.717, 1.165) is 16.9 Å². The van der Waals surface area contributed by atoms with Crippen LogP contribution in [0.3, 0.4) is 0 Å². The van der Waals surface area contributed by atoms with E-state index in [9.17, 15) is 9.59 Å². The average Bonchev–Trinajstić information content (AvgIpc) is 3.14. The molecule has 35 heavy (non-hydrogen) atoms. The molecule has 0 aromatic heterocycles. The van der Waals surface area contributed by atoms with E-state index in [2.05, 4.69) is 15.9 Å². The Labute approximate surface area is 215 Å². The number of para-hydroxylation sites is 2. The number of amides is 2. The van der Waals surface area contributed by atoms with Gasteiger partial charge in [0.25, 0.3) is 11.8 Å². The first kappa shape index (κ1) is 24.6. The number of anilines is 1. The first-order chi connectivity index (χ1) is 17.0. The quantitative estimate of drug-likeness (QED) is 0.372. The number of benzene rings is 3. The molecule has 1 aliphatic heterocycles. The molecule has 1 fully saturated rings. The fourth-order valence-electron chi connectivity index (χ4n) is 3.34. The largest absolute Gasteiger partial charge is 0.490 e. The van der Waals surface area contributed by atoms with Crippen LogP contribution >= 0.6 is 27.7 Å². The molecule has 0 radical (unpaired) electrons. The van der Waals surface area contributed by atoms with Crippen LogP contribution in [0.5, 0.6) is 11.5 Å². The maximum Gasteiger partial charge on any atom is 0.271 e. The summed E-state index contributed by atoms with van der Waals surface area (Å²) in [5, 5.41) is 0.559. The van der Waals surface area contributed by atoms with Crippen molar-refractivity contribution in [2.45, 2.75) is 6.92 Å². The molecule has 0 unspecified atom stereocenters. The Bertz CT molecular complexity index is 1300. The summed E-state index contributed by atoms with van der Waals surface area (Å²) in [4.78, 5) is 31.5. The lowest BCUT2D eigenvalue weighted by molar-refractivity contribution is -0.120. The summed E-state index contributed by atoms with van der Waals surface area (Å²) >= 11 is 4.77. The molecule has 0 spiro atoms. The maximum absolute atomic E-state index is 13.5. The van der Waals surface area contributed by atoms with Crippen LogP contribution in [0.4, 0.5) is 11.4 Å². The second kappa shape index (κ2) is 11.2. The van der Waals surface area contributed by atoms with Gasteiger partial charge in [0, 0.05) is 0 Å². The summed E-state index contributed by atoms with van der Waals surface area (Å²) in [6.45, 7) is 1.96. The highest BCUT2D eigenvalue weighted by Gasteiger charge is 2.34. The molecule has 1 heterocycles. The molecule has 3 aromatic carbocycles. The predicted molar refractivity (Wildman–Crippen MR) is 143 cm³/mol. The van der Waals surface area contributed by atoms with Gasteiger partial charge in [0.2, 0.25) is 0 Å². The SMILES string of the molecule is CCOc1cc(/C=C2\SC(=Nc3ccccc3)N(c3ccccc3)C2=O)cc(Br)c1OCC(N)=O. The van der Waals surface area contributed by atoms with Crippen molar-refractivity contribution in [1.29, 1.82) is 0 Å². The summed E-state index contributed by atoms with van der Waals surface area (Å²) in [6, 6.07) is 22.4. The molecule has 2 N–H and O–H groups in total. The lowest BCUT2D eigenvalue weighted by atomic mass is 10.1. The lowest BCUT2D eigenvalue weighted by Gasteiger charge is -2.15. The van der Waals surface area contributed by atoms with Crippen LogP contribution in [0.1, 0.15) is 12.5 Å². The molecule has 4 rings (SSSR count). The Hall–Kier alpha value is -3.56. The van der Waals surface area contributed by atoms with E-state index in [1.807, 2.05) is 67.6 Å². The Balaban J connectivity index is 1.73. The van der Waals surface area contributed by atoms with E-state index in [4.69, 9.17) is 20.2 Å². The number of carbonyl (C=O) groups excluding carboxylic acids is 2. The second-order valence-corrected chi connectivity index (χ2v) is 9.20. The van der Waals surface area contributed by atoms with Gasteiger partial charge in [-0.2, -0.15) is 0 Å². The van der Waals surface area contributed by atoms with Crippen molar-refractivity contribution in [2.75, 3.05) is 18.1 Å². The number of halogens is 1. The van der Waals surface area contributed by atoms with Crippen LogP contribution in [0.25, 0.3) is 6.08 Å². The van der Waals surface area contributed by atoms with E-state index in [1.54, 1.807) is 23.1 Å². The summed E-state index contributed by atoms with van der Waals surface area (Å²) in [5.41, 5.74) is 7.41. The monoisotopic (exact) mass is 551 g/mol. The standard InChI is InChI=1S/C26H22BrN3O4S/c1-2-33-21-14-17(13-20(27)24(21)34-16-23(28)31)15-22-25(32)30(19-11-7-4-8-12-19)26(35-22)29-18-9-5-3-6-10-18/h3-15H,2,16H2,1H3,(H2,28,31)/b22-15-,29-26?. The van der Waals surface area contributed by atoms with Crippen molar-refractivity contribution in [3.63, 3.8) is 0 Å². The highest BCUT2D eigenvalue weighted by atomic mass is 79.9. The van der Waals surface area contributed by atoms with Crippen molar-refractivity contribution in [3.8, 4) is 11.5 Å². The highest BCUT2D eigenvalue weighted by Crippen LogP contribution is 2.40. The number of thioether (sulfide) groups is 1. The Morgan fingerprint density at radius 3 is 2.43 bits per heavy atom. The molecule has 178 valence electrons. The van der Waals surface area contributed by atoms with Gasteiger partial charge in [0.15, 0.2) is 23.3 Å². The molecule has 1 aliphatic rings. The zero-order valence-electron chi connectivity index (χ0n) is 18.8. The van der Waals surface area contributed by atoms with Gasteiger partial charge in [0.05, 0.1) is 27.4 Å². The van der Waals surface area contributed by atoms with E-state index < -0.39 is 5.91 Å². The lowest BCUT2D eigenvalue weighted by Crippen LogP contribution is -2.28. The topological polar surface area (TPSA) is 94.2 Å². The normalized spacial score (nSPS) is 15.6. The molecule has 0 aliphatic carbocycles. The average molecular weight is 552 g/mol. The molecular formula is C26H22BrN3O4S. The second-order valence-electron chi connectivity index (χ2n) is 7.33. The predicted octanol–water partition coefficient (Wildman–Crippen LogP) is 5.52. The zero-order valence-corrected chi connectivity index (χ0v) is 21.2. The van der Waals surface area contributed by atoms with Crippen LogP contribution in [0.15, 0.2) is 87.2 Å². The van der Waals surface area contributed by atoms with Gasteiger partial charge in [-0.3, -0.25) is 14.5 Å². The van der Waals surface area contributed by atoms with Gasteiger partial charge in [0.1, 0.15) is 0 Å². The number of nitrogens with zero attached hydrogens (tertiary/aromatic N) is 2. The van der Waals surface area contributed by atoms with Gasteiger partial charge in [-0.25, -0.2) is 4.99 Å². The summed E-state index contributed by atoms with van der Waals surface area (Å²) in [7, 11) is 0. The molecule has 9 heteroatoms. The molecule has 7 nitrogen and oxygen atoms in total. The van der Waals surface area contributed by atoms with Crippen LogP contribution in [-0.4, -0.2) is 30.2 Å². The Morgan fingerprint density at radius 1 is 1.09 bits per heavy atom. The van der Waals surface area contributed by atoms with Crippen molar-refractivity contribution >= 4 is 62.1 Å². The van der Waals surface area contributed by atoms with E-state index in [1.165, 1.54) is 11.8 Å². The fourth-order valence-corrected chi connectivity index (χ4v) is 4.91. The number of hydrogen-bond donors (Lipinski definition) is 1. The zero-order chi connectivity index (χ0) is 24.8. The number of ether oxygens (including phenoxy) is 2. The van der Waals surface area contributed by atoms with Crippen molar-refractivity contribution in [2.24, 2.45) is 10.7 Å². The maximum atomic E-state index is 13.5. The van der Waals surface area contributed by atoms with Gasteiger partial charge < -0.3 is 15.2 Å². The summed E-state index contributed by atoms with van der Waals surface area (Å²) < 4.78 is 11.8. The van der Waals surface area contributed by atoms with Crippen LogP contribution in [0.2, 0.25) is 0 Å².